The summed E-state index contributed by atoms with van der Waals surface area (Å²) < 4.78 is 0. The van der Waals surface area contributed by atoms with Crippen LogP contribution in [0.5, 0.6) is 0 Å². The lowest BCUT2D eigenvalue weighted by Gasteiger charge is -2.15. The molecule has 9 heavy (non-hydrogen) atoms. The number of aliphatic hydroxyl groups is 2. The van der Waals surface area contributed by atoms with Gasteiger partial charge in [0.05, 0.1) is 0 Å². The number of nitrogens with one attached hydrogen (secondary N) is 1. The van der Waals surface area contributed by atoms with E-state index in [9.17, 15) is 0 Å². The molecule has 0 aromatic carbocycles. The van der Waals surface area contributed by atoms with Crippen LogP contribution in [0, 0.1) is 5.92 Å². The molecule has 0 aromatic heterocycles. The van der Waals surface area contributed by atoms with Crippen molar-refractivity contribution in [2.24, 2.45) is 5.92 Å². The monoisotopic (exact) mass is 133 g/mol. The first-order valence-electron chi connectivity index (χ1n) is 3.18. The molecule has 0 aliphatic heterocycles. The van der Waals surface area contributed by atoms with Crippen molar-refractivity contribution >= 4 is 0 Å². The van der Waals surface area contributed by atoms with Crippen molar-refractivity contribution in [1.82, 2.24) is 5.32 Å². The van der Waals surface area contributed by atoms with Crippen LogP contribution in [0.4, 0.5) is 0 Å². The second kappa shape index (κ2) is 4.73. The van der Waals surface area contributed by atoms with Crippen molar-refractivity contribution in [3.05, 3.63) is 0 Å². The van der Waals surface area contributed by atoms with Gasteiger partial charge in [0.1, 0.15) is 6.23 Å². The van der Waals surface area contributed by atoms with Crippen LogP contribution < -0.4 is 5.32 Å². The molecule has 2 unspecified atom stereocenters. The van der Waals surface area contributed by atoms with Crippen LogP contribution in [-0.2, 0) is 0 Å². The zero-order valence-electron chi connectivity index (χ0n) is 5.96. The third kappa shape index (κ3) is 3.46. The molecule has 0 saturated carbocycles. The molecule has 0 spiro atoms. The molecule has 2 atom stereocenters. The van der Waals surface area contributed by atoms with E-state index in [0.29, 0.717) is 6.42 Å². The van der Waals surface area contributed by atoms with E-state index in [4.69, 9.17) is 10.2 Å². The summed E-state index contributed by atoms with van der Waals surface area (Å²) in [5.74, 6) is 0.125. The molecule has 0 fully saturated rings. The smallest absolute Gasteiger partial charge is 0.107 e. The van der Waals surface area contributed by atoms with Gasteiger partial charge < -0.3 is 10.2 Å². The topological polar surface area (TPSA) is 52.5 Å². The van der Waals surface area contributed by atoms with Gasteiger partial charge in [-0.25, -0.2) is 0 Å². The molecule has 56 valence electrons. The number of aliphatic hydroxyl groups excluding tert-OH is 2. The molecular weight excluding hydrogens is 118 g/mol. The van der Waals surface area contributed by atoms with E-state index < -0.39 is 6.23 Å². The van der Waals surface area contributed by atoms with Gasteiger partial charge in [-0.05, 0) is 19.4 Å². The first kappa shape index (κ1) is 8.88. The van der Waals surface area contributed by atoms with Crippen LogP contribution in [0.25, 0.3) is 0 Å². The highest BCUT2D eigenvalue weighted by Gasteiger charge is 2.09. The van der Waals surface area contributed by atoms with E-state index in [1.54, 1.807) is 7.05 Å². The SMILES string of the molecule is CNC(O)C(C)CCO. The van der Waals surface area contributed by atoms with Crippen LogP contribution in [0.1, 0.15) is 13.3 Å². The van der Waals surface area contributed by atoms with Crippen molar-refractivity contribution < 1.29 is 10.2 Å². The Labute approximate surface area is 55.7 Å². The predicted octanol–water partition coefficient (Wildman–Crippen LogP) is -0.457. The maximum atomic E-state index is 9.04. The minimum atomic E-state index is -0.489. The van der Waals surface area contributed by atoms with Crippen LogP contribution in [0.15, 0.2) is 0 Å². The second-order valence-electron chi connectivity index (χ2n) is 2.22. The van der Waals surface area contributed by atoms with Crippen molar-refractivity contribution in [2.45, 2.75) is 19.6 Å². The summed E-state index contributed by atoms with van der Waals surface area (Å²) in [5.41, 5.74) is 0. The minimum Gasteiger partial charge on any atom is -0.396 e. The Bertz CT molecular complexity index is 68.1. The van der Waals surface area contributed by atoms with Gasteiger partial charge in [-0.15, -0.1) is 0 Å². The molecule has 3 nitrogen and oxygen atoms in total. The average molecular weight is 133 g/mol. The molecule has 0 saturated heterocycles. The average Bonchev–Trinajstić information content (AvgIpc) is 1.87. The van der Waals surface area contributed by atoms with E-state index in [0.717, 1.165) is 0 Å². The van der Waals surface area contributed by atoms with Gasteiger partial charge in [0.2, 0.25) is 0 Å². The van der Waals surface area contributed by atoms with Crippen LogP contribution in [0.3, 0.4) is 0 Å². The van der Waals surface area contributed by atoms with Gasteiger partial charge >= 0.3 is 0 Å². The molecule has 0 aromatic rings. The first-order chi connectivity index (χ1) is 4.22. The standard InChI is InChI=1S/C6H15NO2/c1-5(3-4-8)6(9)7-2/h5-9H,3-4H2,1-2H3. The van der Waals surface area contributed by atoms with Crippen molar-refractivity contribution in [2.75, 3.05) is 13.7 Å². The number of hydrogen-bond donors (Lipinski definition) is 3. The highest BCUT2D eigenvalue weighted by molar-refractivity contribution is 4.58. The Kier molecular flexibility index (Phi) is 4.67. The van der Waals surface area contributed by atoms with Gasteiger partial charge in [-0.2, -0.15) is 0 Å². The minimum absolute atomic E-state index is 0.125. The maximum absolute atomic E-state index is 9.04. The summed E-state index contributed by atoms with van der Waals surface area (Å²) in [6.07, 6.45) is 0.152. The molecule has 0 radical (unpaired) electrons. The molecule has 0 aliphatic rings. The lowest BCUT2D eigenvalue weighted by molar-refractivity contribution is 0.0760. The van der Waals surface area contributed by atoms with E-state index >= 15 is 0 Å². The fourth-order valence-corrected chi connectivity index (χ4v) is 0.646. The molecule has 0 bridgehead atoms. The summed E-state index contributed by atoms with van der Waals surface area (Å²) in [4.78, 5) is 0. The van der Waals surface area contributed by atoms with Crippen LogP contribution in [-0.4, -0.2) is 30.1 Å². The lowest BCUT2D eigenvalue weighted by Crippen LogP contribution is -2.31. The quantitative estimate of drug-likeness (QED) is 0.455. The number of hydrogen-bond acceptors (Lipinski definition) is 3. The zero-order chi connectivity index (χ0) is 7.28. The summed E-state index contributed by atoms with van der Waals surface area (Å²) in [6.45, 7) is 2.03. The molecule has 3 N–H and O–H groups in total. The molecule has 0 rings (SSSR count). The highest BCUT2D eigenvalue weighted by atomic mass is 16.3. The van der Waals surface area contributed by atoms with E-state index in [1.165, 1.54) is 0 Å². The van der Waals surface area contributed by atoms with Crippen molar-refractivity contribution in [3.8, 4) is 0 Å². The number of rotatable bonds is 4. The predicted molar refractivity (Wildman–Crippen MR) is 35.9 cm³/mol. The Balaban J connectivity index is 3.32. The summed E-state index contributed by atoms with van der Waals surface area (Å²) in [6, 6.07) is 0. The first-order valence-corrected chi connectivity index (χ1v) is 3.18. The van der Waals surface area contributed by atoms with Crippen LogP contribution >= 0.6 is 0 Å². The van der Waals surface area contributed by atoms with Gasteiger partial charge in [-0.1, -0.05) is 6.92 Å². The Morgan fingerprint density at radius 1 is 1.56 bits per heavy atom. The van der Waals surface area contributed by atoms with E-state index in [-0.39, 0.29) is 12.5 Å². The maximum Gasteiger partial charge on any atom is 0.107 e. The molecule has 0 heterocycles. The summed E-state index contributed by atoms with van der Waals surface area (Å²) >= 11 is 0. The third-order valence-electron chi connectivity index (χ3n) is 1.42. The fraction of sp³-hybridized carbons (Fsp3) is 1.00. The largest absolute Gasteiger partial charge is 0.396 e. The van der Waals surface area contributed by atoms with Gasteiger partial charge in [0.15, 0.2) is 0 Å². The zero-order valence-corrected chi connectivity index (χ0v) is 5.96. The lowest BCUT2D eigenvalue weighted by atomic mass is 10.1. The van der Waals surface area contributed by atoms with Gasteiger partial charge in [0.25, 0.3) is 0 Å². The van der Waals surface area contributed by atoms with E-state index in [2.05, 4.69) is 5.32 Å². The second-order valence-corrected chi connectivity index (χ2v) is 2.22. The normalized spacial score (nSPS) is 17.3. The van der Waals surface area contributed by atoms with Crippen molar-refractivity contribution in [3.63, 3.8) is 0 Å². The summed E-state index contributed by atoms with van der Waals surface area (Å²) in [5, 5.41) is 20.2. The van der Waals surface area contributed by atoms with Gasteiger partial charge in [0, 0.05) is 6.61 Å². The van der Waals surface area contributed by atoms with Gasteiger partial charge in [-0.3, -0.25) is 5.32 Å². The highest BCUT2D eigenvalue weighted by Crippen LogP contribution is 2.03. The fourth-order valence-electron chi connectivity index (χ4n) is 0.646. The molecule has 0 amide bonds. The molecule has 3 heteroatoms. The Morgan fingerprint density at radius 2 is 2.11 bits per heavy atom. The Hall–Kier alpha value is -0.120. The molecule has 0 aliphatic carbocycles. The van der Waals surface area contributed by atoms with Crippen molar-refractivity contribution in [1.29, 1.82) is 0 Å². The summed E-state index contributed by atoms with van der Waals surface area (Å²) in [7, 11) is 1.69. The van der Waals surface area contributed by atoms with Crippen LogP contribution in [0.2, 0.25) is 0 Å². The molecular formula is C6H15NO2. The third-order valence-corrected chi connectivity index (χ3v) is 1.42. The Morgan fingerprint density at radius 3 is 2.44 bits per heavy atom. The van der Waals surface area contributed by atoms with E-state index in [1.807, 2.05) is 6.92 Å².